The average Bonchev–Trinajstić information content (AvgIpc) is 4.02. The minimum absolute atomic E-state index is 0.0736. The van der Waals surface area contributed by atoms with E-state index < -0.39 is 125 Å². The molecule has 9 amide bonds. The van der Waals surface area contributed by atoms with E-state index >= 15 is 4.79 Å². The maximum absolute atomic E-state index is 15.2. The number of carbonyl (C=O) groups excluding carboxylic acids is 8. The van der Waals surface area contributed by atoms with Gasteiger partial charge in [0.25, 0.3) is 0 Å². The van der Waals surface area contributed by atoms with Crippen LogP contribution in [0, 0.1) is 17.3 Å². The summed E-state index contributed by atoms with van der Waals surface area (Å²) in [5.41, 5.74) is 4.77. The molecule has 0 aliphatic carbocycles. The highest BCUT2D eigenvalue weighted by molar-refractivity contribution is 5.99. The fraction of sp³-hybridized carbons (Fsp3) is 0.559. The molecule has 2 aromatic carbocycles. The number of nitrogens with zero attached hydrogens (tertiary/aromatic N) is 3. The number of nitrogens with two attached hydrogens (primary N) is 1. The first-order valence-electron chi connectivity index (χ1n) is 27.6. The van der Waals surface area contributed by atoms with Crippen LogP contribution in [0.4, 0.5) is 20.1 Å². The van der Waals surface area contributed by atoms with Gasteiger partial charge in [-0.2, -0.15) is 0 Å². The van der Waals surface area contributed by atoms with Gasteiger partial charge >= 0.3 is 30.2 Å². The van der Waals surface area contributed by atoms with E-state index in [2.05, 4.69) is 31.9 Å². The molecule has 0 saturated heterocycles. The first kappa shape index (κ1) is 69.1. The van der Waals surface area contributed by atoms with Crippen LogP contribution in [0.3, 0.4) is 0 Å². The monoisotopic (exact) mass is 1160 g/mol. The lowest BCUT2D eigenvalue weighted by molar-refractivity contribution is -0.142. The number of para-hydroxylation sites is 1. The molecule has 6 atom stereocenters. The highest BCUT2D eigenvalue weighted by atomic mass is 16.6. The molecular formula is C59H88N10O14. The van der Waals surface area contributed by atoms with Crippen LogP contribution in [-0.2, 0) is 62.1 Å². The summed E-state index contributed by atoms with van der Waals surface area (Å²) in [4.78, 5) is 135. The van der Waals surface area contributed by atoms with Gasteiger partial charge in [0, 0.05) is 67.9 Å². The van der Waals surface area contributed by atoms with Gasteiger partial charge in [-0.15, -0.1) is 0 Å². The number of hydrogen-bond donors (Lipinski definition) is 9. The molecule has 3 aromatic rings. The Hall–Kier alpha value is -8.18. The Bertz CT molecular complexity index is 2850. The largest absolute Gasteiger partial charge is 0.481 e. The molecule has 0 aliphatic rings. The number of fused-ring (bicyclic) bond motifs is 1. The molecule has 10 N–H and O–H groups in total. The van der Waals surface area contributed by atoms with Crippen LogP contribution < -0.4 is 37.6 Å². The maximum atomic E-state index is 15.2. The predicted molar refractivity (Wildman–Crippen MR) is 312 cm³/mol. The molecule has 1 heterocycles. The zero-order chi connectivity index (χ0) is 63.1. The molecule has 0 aliphatic heterocycles. The SMILES string of the molecule is C/C(=C\[C@H](C(C)C)N(C)C(=O)[C@@H](NC(=O)[C@@H](N(C)C(=O)OCc1ccc(NC(=O)[C@H](CCCNC(N)=O)NC(=O)[C@@H](NC(=O)OC(C)(C)C)C(C)C)cc1)C(C)(C)c1cn(C)c2ccccc12)C(C)(C)C)C(=O)N[C@H](CCC(=O)O)C(=O)O. The standard InChI is InChI=1S/C59H88N10O14/c1-33(2)43(30-35(5)48(72)64-41(53(77)78)27-28-44(70)71)68(15)52(76)46(57(6,7)8)66-51(75)47(59(12,13)39-31-67(14)42-22-18-17-20-38(39)42)69(16)56(81)82-32-36-23-25-37(26-24-36)62-49(73)40(21-19-29-61-54(60)79)63-50(74)45(34(3)4)65-55(80)83-58(9,10)11/h17-18,20,22-26,30-31,33-34,40-41,43,45-47H,19,21,27-29,32H2,1-16H3,(H,62,73)(H,63,74)(H,64,72)(H,65,80)(H,66,75)(H,70,71)(H,77,78)(H3,60,61,79)/b35-30+/t40-,41+,43+,45-,46+,47+/m0/s1. The first-order chi connectivity index (χ1) is 38.4. The number of likely N-dealkylation sites (N-methyl/N-ethyl adjacent to an activating group) is 2. The number of benzene rings is 2. The molecular weight excluding hydrogens is 1070 g/mol. The Morgan fingerprint density at radius 2 is 1.36 bits per heavy atom. The van der Waals surface area contributed by atoms with Crippen molar-refractivity contribution in [2.45, 2.75) is 170 Å². The van der Waals surface area contributed by atoms with Gasteiger partial charge < -0.3 is 66.8 Å². The van der Waals surface area contributed by atoms with Gasteiger partial charge in [-0.25, -0.2) is 19.2 Å². The highest BCUT2D eigenvalue weighted by Crippen LogP contribution is 2.37. The second-order valence-electron chi connectivity index (χ2n) is 24.1. The lowest BCUT2D eigenvalue weighted by atomic mass is 9.76. The zero-order valence-corrected chi connectivity index (χ0v) is 50.8. The molecule has 83 heavy (non-hydrogen) atoms. The van der Waals surface area contributed by atoms with Crippen LogP contribution >= 0.6 is 0 Å². The summed E-state index contributed by atoms with van der Waals surface area (Å²) in [7, 11) is 4.82. The van der Waals surface area contributed by atoms with Crippen molar-refractivity contribution in [2.75, 3.05) is 26.0 Å². The summed E-state index contributed by atoms with van der Waals surface area (Å²) >= 11 is 0. The van der Waals surface area contributed by atoms with Crippen molar-refractivity contribution in [3.8, 4) is 0 Å². The van der Waals surface area contributed by atoms with Gasteiger partial charge in [-0.3, -0.25) is 33.7 Å². The molecule has 0 radical (unpaired) electrons. The Balaban J connectivity index is 1.94. The molecule has 0 fully saturated rings. The number of alkyl carbamates (subject to hydrolysis) is 1. The third kappa shape index (κ3) is 20.3. The van der Waals surface area contributed by atoms with E-state index in [1.54, 1.807) is 79.7 Å². The molecule has 24 nitrogen and oxygen atoms in total. The van der Waals surface area contributed by atoms with Crippen LogP contribution in [0.5, 0.6) is 0 Å². The van der Waals surface area contributed by atoms with Gasteiger partial charge in [-0.1, -0.05) is 98.7 Å². The topological polar surface area (TPSA) is 339 Å². The van der Waals surface area contributed by atoms with Crippen LogP contribution in [0.1, 0.15) is 127 Å². The van der Waals surface area contributed by atoms with E-state index in [1.807, 2.05) is 69.8 Å². The van der Waals surface area contributed by atoms with Crippen molar-refractivity contribution in [2.24, 2.45) is 30.0 Å². The third-order valence-electron chi connectivity index (χ3n) is 13.9. The van der Waals surface area contributed by atoms with Crippen molar-refractivity contribution in [1.29, 1.82) is 0 Å². The number of anilines is 1. The number of carbonyl (C=O) groups is 10. The van der Waals surface area contributed by atoms with E-state index in [0.29, 0.717) is 11.3 Å². The number of carboxylic acid groups (broad SMARTS) is 2. The number of ether oxygens (including phenoxy) is 2. The number of primary amides is 1. The summed E-state index contributed by atoms with van der Waals surface area (Å²) in [6.07, 6.45) is 1.20. The molecule has 3 rings (SSSR count). The number of carboxylic acids is 2. The summed E-state index contributed by atoms with van der Waals surface area (Å²) < 4.78 is 13.1. The third-order valence-corrected chi connectivity index (χ3v) is 13.9. The minimum Gasteiger partial charge on any atom is -0.481 e. The lowest BCUT2D eigenvalue weighted by Crippen LogP contribution is -2.63. The first-order valence-corrected chi connectivity index (χ1v) is 27.6. The molecule has 24 heteroatoms. The maximum Gasteiger partial charge on any atom is 0.410 e. The van der Waals surface area contributed by atoms with Crippen LogP contribution in [-0.4, -0.2) is 147 Å². The number of aliphatic carboxylic acids is 2. The van der Waals surface area contributed by atoms with E-state index in [9.17, 15) is 48.3 Å². The van der Waals surface area contributed by atoms with Gasteiger partial charge in [0.15, 0.2) is 0 Å². The van der Waals surface area contributed by atoms with Crippen LogP contribution in [0.15, 0.2) is 66.4 Å². The fourth-order valence-electron chi connectivity index (χ4n) is 9.37. The number of nitrogens with one attached hydrogen (secondary N) is 6. The normalized spacial score (nSPS) is 14.2. The van der Waals surface area contributed by atoms with E-state index in [4.69, 9.17) is 20.3 Å². The van der Waals surface area contributed by atoms with Crippen molar-refractivity contribution in [3.05, 3.63) is 77.5 Å². The number of rotatable bonds is 27. The lowest BCUT2D eigenvalue weighted by Gasteiger charge is -2.42. The van der Waals surface area contributed by atoms with Crippen molar-refractivity contribution in [1.82, 2.24) is 41.0 Å². The average molecular weight is 1160 g/mol. The Morgan fingerprint density at radius 1 is 0.747 bits per heavy atom. The summed E-state index contributed by atoms with van der Waals surface area (Å²) in [5, 5.41) is 35.5. The van der Waals surface area contributed by atoms with Crippen LogP contribution in [0.2, 0.25) is 0 Å². The second kappa shape index (κ2) is 29.7. The Morgan fingerprint density at radius 3 is 1.90 bits per heavy atom. The van der Waals surface area contributed by atoms with E-state index in [0.717, 1.165) is 16.5 Å². The molecule has 0 spiro atoms. The number of aromatic nitrogens is 1. The predicted octanol–water partition coefficient (Wildman–Crippen LogP) is 5.91. The van der Waals surface area contributed by atoms with E-state index in [-0.39, 0.29) is 43.9 Å². The number of urea groups is 1. The van der Waals surface area contributed by atoms with Crippen molar-refractivity contribution in [3.63, 3.8) is 0 Å². The molecule has 458 valence electrons. The second-order valence-corrected chi connectivity index (χ2v) is 24.1. The highest BCUT2D eigenvalue weighted by Gasteiger charge is 2.47. The Kier molecular flexibility index (Phi) is 24.7. The number of aryl methyl sites for hydroxylation is 1. The number of amides is 9. The van der Waals surface area contributed by atoms with Gasteiger partial charge in [0.05, 0.1) is 6.04 Å². The summed E-state index contributed by atoms with van der Waals surface area (Å²) in [6.45, 7) is 22.4. The molecule has 0 saturated carbocycles. The Labute approximate surface area is 486 Å². The van der Waals surface area contributed by atoms with Crippen molar-refractivity contribution >= 4 is 76.3 Å². The van der Waals surface area contributed by atoms with Gasteiger partial charge in [0.2, 0.25) is 29.5 Å². The quantitative estimate of drug-likeness (QED) is 0.0317. The van der Waals surface area contributed by atoms with Crippen LogP contribution in [0.25, 0.3) is 10.9 Å². The van der Waals surface area contributed by atoms with E-state index in [1.165, 1.54) is 36.9 Å². The van der Waals surface area contributed by atoms with Gasteiger partial charge in [0.1, 0.15) is 42.4 Å². The molecule has 0 bridgehead atoms. The molecule has 1 aromatic heterocycles. The number of hydrogen-bond acceptors (Lipinski definition) is 12. The smallest absolute Gasteiger partial charge is 0.410 e. The summed E-state index contributed by atoms with van der Waals surface area (Å²) in [5.74, 6) is -6.56. The molecule has 0 unspecified atom stereocenters. The fourth-order valence-corrected chi connectivity index (χ4v) is 9.37. The minimum atomic E-state index is -1.47. The van der Waals surface area contributed by atoms with Crippen molar-refractivity contribution < 1.29 is 67.6 Å². The zero-order valence-electron chi connectivity index (χ0n) is 50.8. The summed E-state index contributed by atoms with van der Waals surface area (Å²) in [6, 6.07) is 6.23. The van der Waals surface area contributed by atoms with Gasteiger partial charge in [-0.05, 0) is 93.5 Å².